The zero-order chi connectivity index (χ0) is 26.5. The van der Waals surface area contributed by atoms with Crippen LogP contribution in [0.1, 0.15) is 37.6 Å². The fraction of sp³-hybridized carbons (Fsp3) is 0.375. The van der Waals surface area contributed by atoms with Gasteiger partial charge in [0.15, 0.2) is 28.9 Å². The minimum absolute atomic E-state index is 0.188. The standard InChI is InChI=1S/C24H24F4N4O4/c1-4-24(2,3)30-23(36)13-8-32(19-14(26)5-11(25)6-15(19)27)21-12(20(13)35)7-16(28)22(29-21)31-9-17(33)18(34)10-31/h5-8,17-18,33-34H,4,9-10H2,1-3H3,(H,30,36)/t17-,18+. The first kappa shape index (κ1) is 25.6. The number of anilines is 1. The minimum atomic E-state index is -1.35. The summed E-state index contributed by atoms with van der Waals surface area (Å²) in [7, 11) is 0. The number of nitrogens with one attached hydrogen (secondary N) is 1. The molecule has 1 saturated heterocycles. The van der Waals surface area contributed by atoms with Crippen LogP contribution in [0.3, 0.4) is 0 Å². The molecule has 1 amide bonds. The van der Waals surface area contributed by atoms with Crippen molar-refractivity contribution in [1.82, 2.24) is 14.9 Å². The third-order valence-corrected chi connectivity index (χ3v) is 6.27. The molecule has 192 valence electrons. The Hall–Kier alpha value is -3.51. The van der Waals surface area contributed by atoms with Crippen molar-refractivity contribution >= 4 is 22.8 Å². The summed E-state index contributed by atoms with van der Waals surface area (Å²) >= 11 is 0. The number of carbonyl (C=O) groups excluding carboxylic acids is 1. The van der Waals surface area contributed by atoms with Crippen LogP contribution >= 0.6 is 0 Å². The highest BCUT2D eigenvalue weighted by Crippen LogP contribution is 2.28. The Balaban J connectivity index is 2.02. The van der Waals surface area contributed by atoms with Crippen LogP contribution in [0.4, 0.5) is 23.4 Å². The number of carbonyl (C=O) groups is 1. The molecule has 4 rings (SSSR count). The van der Waals surface area contributed by atoms with Crippen molar-refractivity contribution < 1.29 is 32.6 Å². The van der Waals surface area contributed by atoms with Crippen LogP contribution in [0.5, 0.6) is 0 Å². The molecule has 0 spiro atoms. The van der Waals surface area contributed by atoms with E-state index < -0.39 is 80.5 Å². The first-order valence-electron chi connectivity index (χ1n) is 11.2. The van der Waals surface area contributed by atoms with E-state index in [4.69, 9.17) is 0 Å². The van der Waals surface area contributed by atoms with Gasteiger partial charge in [-0.1, -0.05) is 6.92 Å². The molecule has 8 nitrogen and oxygen atoms in total. The lowest BCUT2D eigenvalue weighted by atomic mass is 10.0. The molecular weight excluding hydrogens is 484 g/mol. The Labute approximate surface area is 202 Å². The second-order valence-corrected chi connectivity index (χ2v) is 9.36. The van der Waals surface area contributed by atoms with Crippen LogP contribution in [0.2, 0.25) is 0 Å². The van der Waals surface area contributed by atoms with Gasteiger partial charge in [-0.2, -0.15) is 0 Å². The van der Waals surface area contributed by atoms with E-state index in [1.54, 1.807) is 20.8 Å². The van der Waals surface area contributed by atoms with Crippen LogP contribution in [0, 0.1) is 23.3 Å². The van der Waals surface area contributed by atoms with E-state index in [0.717, 1.165) is 16.8 Å². The van der Waals surface area contributed by atoms with Crippen molar-refractivity contribution in [3.8, 4) is 5.69 Å². The summed E-state index contributed by atoms with van der Waals surface area (Å²) in [5.41, 5.74) is -3.46. The average Bonchev–Trinajstić information content (AvgIpc) is 3.12. The highest BCUT2D eigenvalue weighted by Gasteiger charge is 2.33. The van der Waals surface area contributed by atoms with Gasteiger partial charge in [0.05, 0.1) is 17.6 Å². The molecule has 12 heteroatoms. The molecular formula is C24H24F4N4O4. The smallest absolute Gasteiger partial charge is 0.257 e. The lowest BCUT2D eigenvalue weighted by Crippen LogP contribution is -2.44. The van der Waals surface area contributed by atoms with Crippen molar-refractivity contribution in [1.29, 1.82) is 0 Å². The second-order valence-electron chi connectivity index (χ2n) is 9.36. The number of hydrogen-bond donors (Lipinski definition) is 3. The summed E-state index contributed by atoms with van der Waals surface area (Å²) in [6, 6.07) is 1.61. The Morgan fingerprint density at radius 3 is 2.22 bits per heavy atom. The number of pyridine rings is 2. The van der Waals surface area contributed by atoms with Gasteiger partial charge in [0.2, 0.25) is 5.43 Å². The van der Waals surface area contributed by atoms with E-state index in [2.05, 4.69) is 10.3 Å². The van der Waals surface area contributed by atoms with Crippen LogP contribution in [0.15, 0.2) is 29.2 Å². The largest absolute Gasteiger partial charge is 0.389 e. The number of aliphatic hydroxyl groups excluding tert-OH is 2. The van der Waals surface area contributed by atoms with Crippen molar-refractivity contribution in [3.05, 3.63) is 63.5 Å². The first-order valence-corrected chi connectivity index (χ1v) is 11.2. The van der Waals surface area contributed by atoms with Gasteiger partial charge in [-0.15, -0.1) is 0 Å². The van der Waals surface area contributed by atoms with Gasteiger partial charge in [-0.3, -0.25) is 14.2 Å². The number of β-amino-alcohol motifs (C(OH)–C–C–N with tert-alkyl or cyclic N) is 2. The lowest BCUT2D eigenvalue weighted by molar-refractivity contribution is 0.0572. The van der Waals surface area contributed by atoms with Gasteiger partial charge in [0.1, 0.15) is 17.1 Å². The number of nitrogens with zero attached hydrogens (tertiary/aromatic N) is 3. The number of rotatable bonds is 5. The predicted octanol–water partition coefficient (Wildman–Crippen LogP) is 2.40. The summed E-state index contributed by atoms with van der Waals surface area (Å²) in [6.07, 6.45) is -1.02. The Kier molecular flexibility index (Phi) is 6.52. The summed E-state index contributed by atoms with van der Waals surface area (Å²) in [5, 5.41) is 21.9. The van der Waals surface area contributed by atoms with E-state index in [-0.39, 0.29) is 13.1 Å². The molecule has 3 aromatic rings. The van der Waals surface area contributed by atoms with Crippen molar-refractivity contribution in [2.75, 3.05) is 18.0 Å². The highest BCUT2D eigenvalue weighted by atomic mass is 19.1. The lowest BCUT2D eigenvalue weighted by Gasteiger charge is -2.25. The molecule has 3 N–H and O–H groups in total. The van der Waals surface area contributed by atoms with Crippen LogP contribution < -0.4 is 15.6 Å². The van der Waals surface area contributed by atoms with E-state index in [9.17, 15) is 33.0 Å². The topological polar surface area (TPSA) is 108 Å². The van der Waals surface area contributed by atoms with Crippen LogP contribution in [0.25, 0.3) is 16.7 Å². The van der Waals surface area contributed by atoms with Gasteiger partial charge < -0.3 is 20.4 Å². The third kappa shape index (κ3) is 4.53. The molecule has 0 unspecified atom stereocenters. The van der Waals surface area contributed by atoms with E-state index in [1.807, 2.05) is 0 Å². The van der Waals surface area contributed by atoms with Crippen molar-refractivity contribution in [2.24, 2.45) is 0 Å². The number of aliphatic hydroxyl groups is 2. The maximum absolute atomic E-state index is 15.1. The predicted molar refractivity (Wildman–Crippen MR) is 123 cm³/mol. The molecule has 0 radical (unpaired) electrons. The Morgan fingerprint density at radius 2 is 1.67 bits per heavy atom. The van der Waals surface area contributed by atoms with Crippen molar-refractivity contribution in [3.63, 3.8) is 0 Å². The minimum Gasteiger partial charge on any atom is -0.389 e. The Morgan fingerprint density at radius 1 is 1.08 bits per heavy atom. The average molecular weight is 508 g/mol. The summed E-state index contributed by atoms with van der Waals surface area (Å²) in [4.78, 5) is 31.5. The number of aromatic nitrogens is 2. The molecule has 0 saturated carbocycles. The van der Waals surface area contributed by atoms with Crippen molar-refractivity contribution in [2.45, 2.75) is 44.9 Å². The molecule has 2 aromatic heterocycles. The molecule has 2 atom stereocenters. The molecule has 0 bridgehead atoms. The molecule has 1 aliphatic heterocycles. The first-order chi connectivity index (χ1) is 16.8. The fourth-order valence-electron chi connectivity index (χ4n) is 3.94. The van der Waals surface area contributed by atoms with E-state index in [0.29, 0.717) is 18.6 Å². The SMILES string of the molecule is CCC(C)(C)NC(=O)c1cn(-c2c(F)cc(F)cc2F)c2nc(N3C[C@@H](O)[C@@H](O)C3)c(F)cc2c1=O. The van der Waals surface area contributed by atoms with E-state index in [1.165, 1.54) is 4.90 Å². The van der Waals surface area contributed by atoms with Gasteiger partial charge in [0.25, 0.3) is 5.91 Å². The highest BCUT2D eigenvalue weighted by molar-refractivity contribution is 5.97. The summed E-state index contributed by atoms with van der Waals surface area (Å²) < 4.78 is 59.1. The number of amides is 1. The number of halogens is 4. The molecule has 1 aromatic carbocycles. The Bertz CT molecular complexity index is 1390. The summed E-state index contributed by atoms with van der Waals surface area (Å²) in [6.45, 7) is 4.83. The maximum atomic E-state index is 15.1. The third-order valence-electron chi connectivity index (χ3n) is 6.27. The number of hydrogen-bond acceptors (Lipinski definition) is 6. The fourth-order valence-corrected chi connectivity index (χ4v) is 3.94. The van der Waals surface area contributed by atoms with Gasteiger partial charge in [-0.05, 0) is 26.3 Å². The summed E-state index contributed by atoms with van der Waals surface area (Å²) in [5.74, 6) is -6.16. The quantitative estimate of drug-likeness (QED) is 0.457. The number of benzene rings is 1. The molecule has 1 aliphatic rings. The van der Waals surface area contributed by atoms with E-state index >= 15 is 4.39 Å². The van der Waals surface area contributed by atoms with Gasteiger partial charge in [-0.25, -0.2) is 22.5 Å². The normalized spacial score (nSPS) is 18.2. The molecule has 3 heterocycles. The zero-order valence-corrected chi connectivity index (χ0v) is 19.6. The molecule has 36 heavy (non-hydrogen) atoms. The van der Waals surface area contributed by atoms with Gasteiger partial charge in [0, 0.05) is 37.0 Å². The van der Waals surface area contributed by atoms with Crippen LogP contribution in [-0.2, 0) is 0 Å². The van der Waals surface area contributed by atoms with Gasteiger partial charge >= 0.3 is 0 Å². The monoisotopic (exact) mass is 508 g/mol. The number of fused-ring (bicyclic) bond motifs is 1. The maximum Gasteiger partial charge on any atom is 0.257 e. The molecule has 1 fully saturated rings. The van der Waals surface area contributed by atoms with Crippen LogP contribution in [-0.4, -0.2) is 56.5 Å². The molecule has 0 aliphatic carbocycles. The second kappa shape index (κ2) is 9.17. The zero-order valence-electron chi connectivity index (χ0n) is 19.6.